The average molecular weight is 211 g/mol. The van der Waals surface area contributed by atoms with Crippen LogP contribution in [-0.4, -0.2) is 0 Å². The van der Waals surface area contributed by atoms with E-state index in [1.54, 1.807) is 0 Å². The second-order valence-electron chi connectivity index (χ2n) is 6.89. The van der Waals surface area contributed by atoms with E-state index in [1.165, 1.54) is 32.1 Å². The van der Waals surface area contributed by atoms with E-state index in [9.17, 15) is 0 Å². The Balaban J connectivity index is 2.90. The van der Waals surface area contributed by atoms with E-state index >= 15 is 0 Å². The molecule has 1 aliphatic rings. The molecule has 0 aromatic carbocycles. The van der Waals surface area contributed by atoms with Crippen LogP contribution in [0.5, 0.6) is 0 Å². The van der Waals surface area contributed by atoms with Gasteiger partial charge in [0.15, 0.2) is 0 Å². The maximum atomic E-state index is 8.88. The Hall–Kier alpha value is 0. The molecule has 0 bridgehead atoms. The highest BCUT2D eigenvalue weighted by molar-refractivity contribution is 4.90. The summed E-state index contributed by atoms with van der Waals surface area (Å²) in [5.41, 5.74) is 0.253. The molecule has 1 aliphatic carbocycles. The van der Waals surface area contributed by atoms with Crippen LogP contribution in [0.25, 0.3) is 0 Å². The van der Waals surface area contributed by atoms with Crippen LogP contribution in [0.1, 0.15) is 75.0 Å². The fraction of sp³-hybridized carbons (Fsp3) is 1.00. The van der Waals surface area contributed by atoms with E-state index in [4.69, 9.17) is 1.37 Å². The van der Waals surface area contributed by atoms with Crippen molar-refractivity contribution in [3.05, 3.63) is 0 Å². The van der Waals surface area contributed by atoms with Gasteiger partial charge in [0, 0.05) is 1.37 Å². The van der Waals surface area contributed by atoms with Gasteiger partial charge >= 0.3 is 0 Å². The van der Waals surface area contributed by atoms with Gasteiger partial charge in [-0.25, -0.2) is 0 Å². The SMILES string of the molecule is [2H]C(C)(C1CCCCC1)C(C)(C)C(C)(C)C. The minimum Gasteiger partial charge on any atom is -0.0617 e. The van der Waals surface area contributed by atoms with Crippen molar-refractivity contribution in [3.8, 4) is 0 Å². The van der Waals surface area contributed by atoms with Gasteiger partial charge in [-0.3, -0.25) is 0 Å². The lowest BCUT2D eigenvalue weighted by Crippen LogP contribution is -2.39. The van der Waals surface area contributed by atoms with Crippen LogP contribution in [0.3, 0.4) is 0 Å². The standard InChI is InChI=1S/C15H30/c1-12(13-10-8-7-9-11-13)15(5,6)14(2,3)4/h12-13H,7-11H2,1-6H3/i12D. The maximum absolute atomic E-state index is 8.88. The summed E-state index contributed by atoms with van der Waals surface area (Å²) in [5, 5.41) is 0. The predicted octanol–water partition coefficient (Wildman–Crippen LogP) is 5.28. The second-order valence-corrected chi connectivity index (χ2v) is 6.89. The van der Waals surface area contributed by atoms with Crippen molar-refractivity contribution in [2.24, 2.45) is 22.6 Å². The molecule has 0 nitrogen and oxygen atoms in total. The Bertz CT molecular complexity index is 226. The average Bonchev–Trinajstić information content (AvgIpc) is 2.17. The molecule has 0 saturated heterocycles. The molecule has 0 amide bonds. The van der Waals surface area contributed by atoms with Crippen LogP contribution in [0.15, 0.2) is 0 Å². The molecule has 0 N–H and O–H groups in total. The van der Waals surface area contributed by atoms with E-state index in [1.807, 2.05) is 0 Å². The van der Waals surface area contributed by atoms with Crippen molar-refractivity contribution < 1.29 is 1.37 Å². The fourth-order valence-electron chi connectivity index (χ4n) is 2.64. The molecule has 0 spiro atoms. The van der Waals surface area contributed by atoms with Gasteiger partial charge in [0.25, 0.3) is 0 Å². The Morgan fingerprint density at radius 1 is 1.00 bits per heavy atom. The van der Waals surface area contributed by atoms with E-state index in [0.717, 1.165) is 0 Å². The normalized spacial score (nSPS) is 25.9. The molecule has 0 aromatic rings. The molecule has 1 unspecified atom stereocenters. The summed E-state index contributed by atoms with van der Waals surface area (Å²) in [6, 6.07) is 0. The first-order chi connectivity index (χ1) is 7.11. The van der Waals surface area contributed by atoms with Gasteiger partial charge in [0.2, 0.25) is 0 Å². The third kappa shape index (κ3) is 2.77. The molecule has 15 heavy (non-hydrogen) atoms. The first kappa shape index (κ1) is 11.5. The largest absolute Gasteiger partial charge is 0.0617 e. The quantitative estimate of drug-likeness (QED) is 0.583. The van der Waals surface area contributed by atoms with Crippen molar-refractivity contribution in [2.75, 3.05) is 0 Å². The molecule has 0 heteroatoms. The lowest BCUT2D eigenvalue weighted by molar-refractivity contribution is 0.0189. The summed E-state index contributed by atoms with van der Waals surface area (Å²) in [6.45, 7) is 13.6. The van der Waals surface area contributed by atoms with Crippen LogP contribution in [0, 0.1) is 22.6 Å². The third-order valence-electron chi connectivity index (χ3n) is 5.08. The minimum atomic E-state index is -0.300. The Labute approximate surface area is 98.2 Å². The Morgan fingerprint density at radius 3 is 1.87 bits per heavy atom. The fourth-order valence-corrected chi connectivity index (χ4v) is 2.64. The highest BCUT2D eigenvalue weighted by atomic mass is 14.5. The Morgan fingerprint density at radius 2 is 1.47 bits per heavy atom. The van der Waals surface area contributed by atoms with Gasteiger partial charge in [-0.2, -0.15) is 0 Å². The summed E-state index contributed by atoms with van der Waals surface area (Å²) in [6.07, 6.45) is 6.57. The number of rotatable bonds is 2. The van der Waals surface area contributed by atoms with Crippen LogP contribution in [0.4, 0.5) is 0 Å². The van der Waals surface area contributed by atoms with Crippen LogP contribution in [0.2, 0.25) is 0 Å². The topological polar surface area (TPSA) is 0 Å². The molecule has 1 saturated carbocycles. The molecule has 1 rings (SSSR count). The van der Waals surface area contributed by atoms with Crippen molar-refractivity contribution in [1.82, 2.24) is 0 Å². The summed E-state index contributed by atoms with van der Waals surface area (Å²) < 4.78 is 8.88. The lowest BCUT2D eigenvalue weighted by atomic mass is 9.58. The van der Waals surface area contributed by atoms with Gasteiger partial charge in [-0.1, -0.05) is 73.6 Å². The zero-order chi connectivity index (χ0) is 12.6. The van der Waals surface area contributed by atoms with Gasteiger partial charge < -0.3 is 0 Å². The summed E-state index contributed by atoms with van der Waals surface area (Å²) >= 11 is 0. The number of hydrogen-bond donors (Lipinski definition) is 0. The molecule has 0 radical (unpaired) electrons. The number of hydrogen-bond acceptors (Lipinski definition) is 0. The molecular weight excluding hydrogens is 180 g/mol. The molecule has 90 valence electrons. The van der Waals surface area contributed by atoms with Gasteiger partial charge in [0.1, 0.15) is 0 Å². The van der Waals surface area contributed by atoms with Crippen molar-refractivity contribution in [3.63, 3.8) is 0 Å². The first-order valence-electron chi connectivity index (χ1n) is 7.11. The van der Waals surface area contributed by atoms with Gasteiger partial charge in [-0.05, 0) is 22.6 Å². The van der Waals surface area contributed by atoms with E-state index in [2.05, 4.69) is 41.5 Å². The Kier molecular flexibility index (Phi) is 3.42. The minimum absolute atomic E-state index is 0.0575. The zero-order valence-electron chi connectivity index (χ0n) is 12.6. The van der Waals surface area contributed by atoms with Crippen molar-refractivity contribution in [1.29, 1.82) is 0 Å². The van der Waals surface area contributed by atoms with E-state index < -0.39 is 0 Å². The van der Waals surface area contributed by atoms with Gasteiger partial charge in [-0.15, -0.1) is 0 Å². The third-order valence-corrected chi connectivity index (χ3v) is 5.08. The summed E-state index contributed by atoms with van der Waals surface area (Å²) in [4.78, 5) is 0. The van der Waals surface area contributed by atoms with E-state index in [0.29, 0.717) is 5.92 Å². The summed E-state index contributed by atoms with van der Waals surface area (Å²) in [5.74, 6) is 0.293. The van der Waals surface area contributed by atoms with Crippen molar-refractivity contribution >= 4 is 0 Å². The highest BCUT2D eigenvalue weighted by Gasteiger charge is 2.40. The zero-order valence-corrected chi connectivity index (χ0v) is 11.6. The van der Waals surface area contributed by atoms with E-state index in [-0.39, 0.29) is 16.7 Å². The van der Waals surface area contributed by atoms with Crippen molar-refractivity contribution in [2.45, 2.75) is 73.6 Å². The van der Waals surface area contributed by atoms with Crippen LogP contribution >= 0.6 is 0 Å². The second kappa shape index (κ2) is 4.47. The molecule has 0 aromatic heterocycles. The molecule has 1 atom stereocenters. The lowest BCUT2D eigenvalue weighted by Gasteiger charge is -2.47. The highest BCUT2D eigenvalue weighted by Crippen LogP contribution is 2.49. The molecular formula is C15H30. The summed E-state index contributed by atoms with van der Waals surface area (Å²) in [7, 11) is 0. The molecule has 1 fully saturated rings. The maximum Gasteiger partial charge on any atom is 0.0308 e. The molecule has 0 aliphatic heterocycles. The monoisotopic (exact) mass is 211 g/mol. The first-order valence-corrected chi connectivity index (χ1v) is 6.61. The van der Waals surface area contributed by atoms with Gasteiger partial charge in [0.05, 0.1) is 0 Å². The predicted molar refractivity (Wildman–Crippen MR) is 69.0 cm³/mol. The van der Waals surface area contributed by atoms with Crippen LogP contribution in [-0.2, 0) is 0 Å². The molecule has 0 heterocycles. The smallest absolute Gasteiger partial charge is 0.0308 e. The van der Waals surface area contributed by atoms with Crippen LogP contribution < -0.4 is 0 Å².